The van der Waals surface area contributed by atoms with Gasteiger partial charge in [0.15, 0.2) is 5.82 Å². The Balaban J connectivity index is 1.39. The summed E-state index contributed by atoms with van der Waals surface area (Å²) in [6.07, 6.45) is 8.46. The highest BCUT2D eigenvalue weighted by Gasteiger charge is 2.45. The van der Waals surface area contributed by atoms with Crippen LogP contribution in [0.15, 0.2) is 55.0 Å². The lowest BCUT2D eigenvalue weighted by Gasteiger charge is -2.40. The number of halogens is 1. The molecule has 1 amide bonds. The molecule has 0 radical (unpaired) electrons. The highest BCUT2D eigenvalue weighted by atomic mass is 19.1. The topological polar surface area (TPSA) is 68.2 Å². The third-order valence-corrected chi connectivity index (χ3v) is 6.55. The Morgan fingerprint density at radius 2 is 1.91 bits per heavy atom. The van der Waals surface area contributed by atoms with Crippen molar-refractivity contribution in [2.24, 2.45) is 5.92 Å². The molecule has 164 valence electrons. The van der Waals surface area contributed by atoms with Gasteiger partial charge in [0, 0.05) is 42.0 Å². The minimum absolute atomic E-state index is 0.0354. The minimum Gasteiger partial charge on any atom is -0.477 e. The smallest absolute Gasteiger partial charge is 0.255 e. The van der Waals surface area contributed by atoms with Gasteiger partial charge in [-0.05, 0) is 50.8 Å². The van der Waals surface area contributed by atoms with Gasteiger partial charge in [0.1, 0.15) is 5.82 Å². The summed E-state index contributed by atoms with van der Waals surface area (Å²) in [6, 6.07) is 10.9. The van der Waals surface area contributed by atoms with Gasteiger partial charge in [-0.1, -0.05) is 17.7 Å². The van der Waals surface area contributed by atoms with Gasteiger partial charge in [0.2, 0.25) is 5.88 Å². The SMILES string of the molecule is Cc1ccc(-c2ncccn2)c(C(=O)N2[C@@H]3CC[C@@H](COc4ccc(F)cn4)[C@H]2CC3)c1. The molecular weight excluding hydrogens is 407 g/mol. The van der Waals surface area contributed by atoms with E-state index in [9.17, 15) is 9.18 Å². The van der Waals surface area contributed by atoms with Crippen molar-refractivity contribution in [2.75, 3.05) is 6.61 Å². The monoisotopic (exact) mass is 432 g/mol. The molecule has 2 fully saturated rings. The number of benzene rings is 1. The van der Waals surface area contributed by atoms with Crippen molar-refractivity contribution >= 4 is 5.91 Å². The summed E-state index contributed by atoms with van der Waals surface area (Å²) in [5.41, 5.74) is 2.43. The molecule has 6 nitrogen and oxygen atoms in total. The fourth-order valence-corrected chi connectivity index (χ4v) is 5.02. The zero-order chi connectivity index (χ0) is 22.1. The number of carbonyl (C=O) groups is 1. The second-order valence-electron chi connectivity index (χ2n) is 8.60. The molecule has 0 N–H and O–H groups in total. The Labute approximate surface area is 186 Å². The summed E-state index contributed by atoms with van der Waals surface area (Å²) in [6.45, 7) is 2.45. The molecule has 3 aromatic rings. The summed E-state index contributed by atoms with van der Waals surface area (Å²) in [5.74, 6) is 0.829. The lowest BCUT2D eigenvalue weighted by Crippen LogP contribution is -2.49. The van der Waals surface area contributed by atoms with Crippen LogP contribution in [-0.2, 0) is 0 Å². The van der Waals surface area contributed by atoms with E-state index in [4.69, 9.17) is 4.74 Å². The fourth-order valence-electron chi connectivity index (χ4n) is 5.02. The molecule has 7 heteroatoms. The zero-order valence-electron chi connectivity index (χ0n) is 17.9. The van der Waals surface area contributed by atoms with E-state index in [-0.39, 0.29) is 29.7 Å². The molecule has 2 aliphatic heterocycles. The standard InChI is InChI=1S/C25H25FN4O2/c1-16-3-8-20(24-27-11-2-12-28-24)21(13-16)25(31)30-19-6-4-17(22(30)9-7-19)15-32-23-10-5-18(26)14-29-23/h2-3,5,8,10-14,17,19,22H,4,6-7,9,15H2,1H3/t17-,19+,22+/m0/s1. The van der Waals surface area contributed by atoms with Crippen molar-refractivity contribution in [3.8, 4) is 17.3 Å². The van der Waals surface area contributed by atoms with E-state index >= 15 is 0 Å². The van der Waals surface area contributed by atoms with Gasteiger partial charge in [-0.2, -0.15) is 0 Å². The molecule has 0 aliphatic carbocycles. The Morgan fingerprint density at radius 1 is 1.09 bits per heavy atom. The zero-order valence-corrected chi connectivity index (χ0v) is 17.9. The van der Waals surface area contributed by atoms with Crippen LogP contribution in [0.1, 0.15) is 41.6 Å². The van der Waals surface area contributed by atoms with Gasteiger partial charge in [-0.25, -0.2) is 19.3 Å². The van der Waals surface area contributed by atoms with Crippen molar-refractivity contribution < 1.29 is 13.9 Å². The van der Waals surface area contributed by atoms with Crippen molar-refractivity contribution in [3.05, 3.63) is 71.9 Å². The van der Waals surface area contributed by atoms with E-state index in [1.165, 1.54) is 12.1 Å². The summed E-state index contributed by atoms with van der Waals surface area (Å²) in [7, 11) is 0. The third kappa shape index (κ3) is 3.95. The van der Waals surface area contributed by atoms with E-state index in [1.807, 2.05) is 25.1 Å². The average Bonchev–Trinajstić information content (AvgIpc) is 3.13. The van der Waals surface area contributed by atoms with Crippen LogP contribution in [0.2, 0.25) is 0 Å². The first-order valence-corrected chi connectivity index (χ1v) is 11.0. The summed E-state index contributed by atoms with van der Waals surface area (Å²) >= 11 is 0. The van der Waals surface area contributed by atoms with Crippen LogP contribution in [0.4, 0.5) is 4.39 Å². The van der Waals surface area contributed by atoms with E-state index in [0.717, 1.165) is 43.0 Å². The van der Waals surface area contributed by atoms with Crippen LogP contribution >= 0.6 is 0 Å². The minimum atomic E-state index is -0.387. The third-order valence-electron chi connectivity index (χ3n) is 6.55. The van der Waals surface area contributed by atoms with Crippen molar-refractivity contribution in [2.45, 2.75) is 44.7 Å². The summed E-state index contributed by atoms with van der Waals surface area (Å²) in [4.78, 5) is 28.6. The van der Waals surface area contributed by atoms with Crippen LogP contribution in [0.25, 0.3) is 11.4 Å². The lowest BCUT2D eigenvalue weighted by atomic mass is 9.89. The first kappa shape index (κ1) is 20.5. The molecule has 3 atom stereocenters. The fraction of sp³-hybridized carbons (Fsp3) is 0.360. The number of amides is 1. The Bertz CT molecular complexity index is 1110. The van der Waals surface area contributed by atoms with Gasteiger partial charge < -0.3 is 9.64 Å². The number of aromatic nitrogens is 3. The molecule has 32 heavy (non-hydrogen) atoms. The normalized spacial score (nSPS) is 22.1. The predicted octanol–water partition coefficient (Wildman–Crippen LogP) is 4.45. The maximum atomic E-state index is 13.8. The number of nitrogens with zero attached hydrogens (tertiary/aromatic N) is 4. The summed E-state index contributed by atoms with van der Waals surface area (Å²) < 4.78 is 19.0. The number of hydrogen-bond donors (Lipinski definition) is 0. The number of aryl methyl sites for hydroxylation is 1. The highest BCUT2D eigenvalue weighted by Crippen LogP contribution is 2.41. The maximum absolute atomic E-state index is 13.8. The van der Waals surface area contributed by atoms with Crippen LogP contribution in [0.5, 0.6) is 5.88 Å². The first-order chi connectivity index (χ1) is 15.6. The molecule has 0 saturated carbocycles. The summed E-state index contributed by atoms with van der Waals surface area (Å²) in [5, 5.41) is 0. The van der Waals surface area contributed by atoms with Crippen molar-refractivity contribution in [1.82, 2.24) is 19.9 Å². The van der Waals surface area contributed by atoms with E-state index in [2.05, 4.69) is 19.9 Å². The van der Waals surface area contributed by atoms with Gasteiger partial charge >= 0.3 is 0 Å². The molecule has 0 unspecified atom stereocenters. The van der Waals surface area contributed by atoms with Gasteiger partial charge in [0.25, 0.3) is 5.91 Å². The van der Waals surface area contributed by atoms with Crippen molar-refractivity contribution in [1.29, 1.82) is 0 Å². The highest BCUT2D eigenvalue weighted by molar-refractivity contribution is 6.01. The number of hydrogen-bond acceptors (Lipinski definition) is 5. The Morgan fingerprint density at radius 3 is 2.69 bits per heavy atom. The molecule has 2 saturated heterocycles. The molecule has 2 aliphatic rings. The largest absolute Gasteiger partial charge is 0.477 e. The number of pyridine rings is 1. The molecule has 2 aromatic heterocycles. The molecule has 5 rings (SSSR count). The van der Waals surface area contributed by atoms with Gasteiger partial charge in [0.05, 0.1) is 18.4 Å². The number of fused-ring (bicyclic) bond motifs is 2. The number of rotatable bonds is 5. The second kappa shape index (κ2) is 8.65. The number of piperidine rings is 1. The predicted molar refractivity (Wildman–Crippen MR) is 118 cm³/mol. The molecule has 4 heterocycles. The Hall–Kier alpha value is -3.35. The second-order valence-corrected chi connectivity index (χ2v) is 8.60. The molecule has 1 aromatic carbocycles. The van der Waals surface area contributed by atoms with Crippen LogP contribution < -0.4 is 4.74 Å². The molecule has 0 spiro atoms. The first-order valence-electron chi connectivity index (χ1n) is 11.0. The average molecular weight is 432 g/mol. The van der Waals surface area contributed by atoms with Crippen LogP contribution in [0, 0.1) is 18.7 Å². The number of carbonyl (C=O) groups excluding carboxylic acids is 1. The lowest BCUT2D eigenvalue weighted by molar-refractivity contribution is 0.0403. The molecular formula is C25H25FN4O2. The van der Waals surface area contributed by atoms with E-state index in [0.29, 0.717) is 23.9 Å². The maximum Gasteiger partial charge on any atom is 0.255 e. The van der Waals surface area contributed by atoms with E-state index in [1.54, 1.807) is 18.5 Å². The number of ether oxygens (including phenoxy) is 1. The van der Waals surface area contributed by atoms with Gasteiger partial charge in [-0.3, -0.25) is 4.79 Å². The van der Waals surface area contributed by atoms with Crippen LogP contribution in [0.3, 0.4) is 0 Å². The van der Waals surface area contributed by atoms with Crippen molar-refractivity contribution in [3.63, 3.8) is 0 Å². The quantitative estimate of drug-likeness (QED) is 0.596. The Kier molecular flexibility index (Phi) is 5.55. The van der Waals surface area contributed by atoms with Crippen LogP contribution in [-0.4, -0.2) is 44.4 Å². The van der Waals surface area contributed by atoms with Gasteiger partial charge in [-0.15, -0.1) is 0 Å². The van der Waals surface area contributed by atoms with E-state index < -0.39 is 0 Å². The molecule has 2 bridgehead atoms.